The zero-order chi connectivity index (χ0) is 15.7. The van der Waals surface area contributed by atoms with Gasteiger partial charge in [-0.1, -0.05) is 18.2 Å². The van der Waals surface area contributed by atoms with Crippen LogP contribution in [0.3, 0.4) is 0 Å². The van der Waals surface area contributed by atoms with Gasteiger partial charge in [0, 0.05) is 24.3 Å². The van der Waals surface area contributed by atoms with Crippen LogP contribution < -0.4 is 0 Å². The van der Waals surface area contributed by atoms with Gasteiger partial charge in [-0.15, -0.1) is 0 Å². The number of para-hydroxylation sites is 1. The molecule has 22 heavy (non-hydrogen) atoms. The van der Waals surface area contributed by atoms with Crippen LogP contribution in [0.25, 0.3) is 10.9 Å². The molecule has 1 aromatic heterocycles. The number of rotatable bonds is 4. The van der Waals surface area contributed by atoms with Crippen molar-refractivity contribution in [2.75, 3.05) is 18.1 Å². The Morgan fingerprint density at radius 1 is 1.32 bits per heavy atom. The van der Waals surface area contributed by atoms with Gasteiger partial charge in [0.05, 0.1) is 11.5 Å². The van der Waals surface area contributed by atoms with E-state index in [2.05, 4.69) is 0 Å². The van der Waals surface area contributed by atoms with E-state index in [4.69, 9.17) is 0 Å². The second kappa shape index (κ2) is 5.76. The Labute approximate surface area is 130 Å². The predicted molar refractivity (Wildman–Crippen MR) is 86.4 cm³/mol. The van der Waals surface area contributed by atoms with Gasteiger partial charge in [-0.2, -0.15) is 0 Å². The van der Waals surface area contributed by atoms with Gasteiger partial charge in [0.1, 0.15) is 6.54 Å². The molecule has 6 heteroatoms. The third-order valence-corrected chi connectivity index (χ3v) is 6.05. The van der Waals surface area contributed by atoms with Gasteiger partial charge in [-0.3, -0.25) is 4.79 Å². The Morgan fingerprint density at radius 2 is 2.09 bits per heavy atom. The lowest BCUT2D eigenvalue weighted by atomic mass is 10.2. The number of hydrogen-bond acceptors (Lipinski definition) is 3. The van der Waals surface area contributed by atoms with Crippen LogP contribution in [-0.4, -0.2) is 47.9 Å². The predicted octanol–water partition coefficient (Wildman–Crippen LogP) is 1.68. The summed E-state index contributed by atoms with van der Waals surface area (Å²) in [7, 11) is -2.98. The van der Waals surface area contributed by atoms with Crippen LogP contribution in [0, 0.1) is 0 Å². The first-order valence-corrected chi connectivity index (χ1v) is 9.36. The van der Waals surface area contributed by atoms with E-state index in [-0.39, 0.29) is 30.0 Å². The molecular formula is C16H20N2O3S. The first-order valence-electron chi connectivity index (χ1n) is 7.54. The SMILES string of the molecule is CCN(C(=O)Cn1ccc2ccccc21)C1CCS(=O)(=O)C1. The molecule has 0 N–H and O–H groups in total. The van der Waals surface area contributed by atoms with Gasteiger partial charge in [0.2, 0.25) is 5.91 Å². The topological polar surface area (TPSA) is 59.4 Å². The van der Waals surface area contributed by atoms with E-state index in [1.807, 2.05) is 48.0 Å². The molecule has 1 aliphatic rings. The van der Waals surface area contributed by atoms with Crippen LogP contribution >= 0.6 is 0 Å². The molecule has 1 atom stereocenters. The van der Waals surface area contributed by atoms with Crippen molar-refractivity contribution in [3.63, 3.8) is 0 Å². The van der Waals surface area contributed by atoms with Gasteiger partial charge in [-0.25, -0.2) is 8.42 Å². The van der Waals surface area contributed by atoms with Crippen LogP contribution in [0.15, 0.2) is 36.5 Å². The lowest BCUT2D eigenvalue weighted by Gasteiger charge is -2.27. The van der Waals surface area contributed by atoms with Crippen LogP contribution in [0.2, 0.25) is 0 Å². The molecule has 3 rings (SSSR count). The number of carbonyl (C=O) groups is 1. The number of likely N-dealkylation sites (N-methyl/N-ethyl adjacent to an activating group) is 1. The Bertz CT molecular complexity index is 795. The van der Waals surface area contributed by atoms with Gasteiger partial charge >= 0.3 is 0 Å². The number of aromatic nitrogens is 1. The normalized spacial score (nSPS) is 20.3. The van der Waals surface area contributed by atoms with Crippen molar-refractivity contribution >= 4 is 26.6 Å². The quantitative estimate of drug-likeness (QED) is 0.861. The second-order valence-electron chi connectivity index (χ2n) is 5.74. The smallest absolute Gasteiger partial charge is 0.242 e. The van der Waals surface area contributed by atoms with Crippen LogP contribution in [0.1, 0.15) is 13.3 Å². The maximum absolute atomic E-state index is 12.6. The summed E-state index contributed by atoms with van der Waals surface area (Å²) in [5.74, 6) is 0.262. The highest BCUT2D eigenvalue weighted by Crippen LogP contribution is 2.19. The number of sulfone groups is 1. The van der Waals surface area contributed by atoms with Crippen LogP contribution in [0.4, 0.5) is 0 Å². The molecule has 1 unspecified atom stereocenters. The highest BCUT2D eigenvalue weighted by atomic mass is 32.2. The molecule has 1 saturated heterocycles. The fourth-order valence-corrected chi connectivity index (χ4v) is 4.91. The van der Waals surface area contributed by atoms with Crippen molar-refractivity contribution in [3.8, 4) is 0 Å². The third kappa shape index (κ3) is 2.88. The molecule has 1 amide bonds. The molecule has 0 spiro atoms. The van der Waals surface area contributed by atoms with E-state index in [0.717, 1.165) is 10.9 Å². The molecule has 2 heterocycles. The van der Waals surface area contributed by atoms with Crippen LogP contribution in [-0.2, 0) is 21.2 Å². The number of fused-ring (bicyclic) bond motifs is 1. The zero-order valence-corrected chi connectivity index (χ0v) is 13.4. The summed E-state index contributed by atoms with van der Waals surface area (Å²) in [6.45, 7) is 2.69. The zero-order valence-electron chi connectivity index (χ0n) is 12.6. The van der Waals surface area contributed by atoms with E-state index in [1.165, 1.54) is 0 Å². The maximum Gasteiger partial charge on any atom is 0.242 e. The molecule has 0 saturated carbocycles. The van der Waals surface area contributed by atoms with Crippen molar-refractivity contribution < 1.29 is 13.2 Å². The maximum atomic E-state index is 12.6. The molecule has 118 valence electrons. The first-order chi connectivity index (χ1) is 10.5. The summed E-state index contributed by atoms with van der Waals surface area (Å²) in [5.41, 5.74) is 1.02. The monoisotopic (exact) mass is 320 g/mol. The van der Waals surface area contributed by atoms with E-state index >= 15 is 0 Å². The minimum Gasteiger partial charge on any atom is -0.338 e. The van der Waals surface area contributed by atoms with Gasteiger partial charge < -0.3 is 9.47 Å². The third-order valence-electron chi connectivity index (χ3n) is 4.30. The summed E-state index contributed by atoms with van der Waals surface area (Å²) >= 11 is 0. The Morgan fingerprint density at radius 3 is 2.77 bits per heavy atom. The van der Waals surface area contributed by atoms with Crippen molar-refractivity contribution in [1.29, 1.82) is 0 Å². The van der Waals surface area contributed by atoms with Gasteiger partial charge in [-0.05, 0) is 30.9 Å². The Hall–Kier alpha value is -1.82. The molecule has 5 nitrogen and oxygen atoms in total. The molecule has 1 aliphatic heterocycles. The minimum absolute atomic E-state index is 0.0223. The minimum atomic E-state index is -2.98. The van der Waals surface area contributed by atoms with Crippen molar-refractivity contribution in [3.05, 3.63) is 36.5 Å². The van der Waals surface area contributed by atoms with Crippen molar-refractivity contribution in [1.82, 2.24) is 9.47 Å². The summed E-state index contributed by atoms with van der Waals surface area (Å²) in [6.07, 6.45) is 2.45. The van der Waals surface area contributed by atoms with Crippen LogP contribution in [0.5, 0.6) is 0 Å². The number of hydrogen-bond donors (Lipinski definition) is 0. The fraction of sp³-hybridized carbons (Fsp3) is 0.438. The Balaban J connectivity index is 1.78. The summed E-state index contributed by atoms with van der Waals surface area (Å²) in [4.78, 5) is 14.3. The lowest BCUT2D eigenvalue weighted by Crippen LogP contribution is -2.42. The summed E-state index contributed by atoms with van der Waals surface area (Å²) in [6, 6.07) is 9.72. The molecule has 2 aromatic rings. The van der Waals surface area contributed by atoms with E-state index < -0.39 is 9.84 Å². The highest BCUT2D eigenvalue weighted by molar-refractivity contribution is 7.91. The fourth-order valence-electron chi connectivity index (χ4n) is 3.17. The summed E-state index contributed by atoms with van der Waals surface area (Å²) < 4.78 is 25.2. The summed E-state index contributed by atoms with van der Waals surface area (Å²) in [5, 5.41) is 1.10. The molecule has 1 fully saturated rings. The number of carbonyl (C=O) groups excluding carboxylic acids is 1. The molecule has 0 bridgehead atoms. The molecule has 1 aromatic carbocycles. The van der Waals surface area contributed by atoms with E-state index in [1.54, 1.807) is 4.90 Å². The standard InChI is InChI=1S/C16H20N2O3S/c1-2-18(14-8-10-22(20,21)12-14)16(19)11-17-9-7-13-5-3-4-6-15(13)17/h3-7,9,14H,2,8,10-12H2,1H3. The highest BCUT2D eigenvalue weighted by Gasteiger charge is 2.33. The van der Waals surface area contributed by atoms with E-state index in [9.17, 15) is 13.2 Å². The van der Waals surface area contributed by atoms with Crippen molar-refractivity contribution in [2.24, 2.45) is 0 Å². The Kier molecular flexibility index (Phi) is 3.95. The average molecular weight is 320 g/mol. The molecule has 0 radical (unpaired) electrons. The second-order valence-corrected chi connectivity index (χ2v) is 7.97. The lowest BCUT2D eigenvalue weighted by molar-refractivity contribution is -0.133. The number of amides is 1. The number of nitrogens with zero attached hydrogens (tertiary/aromatic N) is 2. The van der Waals surface area contributed by atoms with Gasteiger partial charge in [0.15, 0.2) is 9.84 Å². The van der Waals surface area contributed by atoms with Gasteiger partial charge in [0.25, 0.3) is 0 Å². The largest absolute Gasteiger partial charge is 0.338 e. The first kappa shape index (κ1) is 15.1. The van der Waals surface area contributed by atoms with Crippen molar-refractivity contribution in [2.45, 2.75) is 25.9 Å². The van der Waals surface area contributed by atoms with E-state index in [0.29, 0.717) is 13.0 Å². The average Bonchev–Trinajstić information content (AvgIpc) is 3.04. The molecule has 0 aliphatic carbocycles. The molecular weight excluding hydrogens is 300 g/mol. The number of benzene rings is 1.